The molecule has 0 saturated heterocycles. The van der Waals surface area contributed by atoms with Gasteiger partial charge in [-0.1, -0.05) is 26.0 Å². The normalized spacial score (nSPS) is 12.9. The molecule has 112 valence electrons. The Morgan fingerprint density at radius 3 is 2.40 bits per heavy atom. The summed E-state index contributed by atoms with van der Waals surface area (Å²) >= 11 is 0. The van der Waals surface area contributed by atoms with Gasteiger partial charge in [0.1, 0.15) is 5.75 Å². The highest BCUT2D eigenvalue weighted by Crippen LogP contribution is 2.35. The van der Waals surface area contributed by atoms with E-state index in [9.17, 15) is 0 Å². The summed E-state index contributed by atoms with van der Waals surface area (Å²) in [6, 6.07) is 2.23. The Labute approximate surface area is 125 Å². The third kappa shape index (κ3) is 3.88. The van der Waals surface area contributed by atoms with Crippen LogP contribution in [0.4, 0.5) is 0 Å². The lowest BCUT2D eigenvalue weighted by Crippen LogP contribution is -2.06. The Balaban J connectivity index is 3.17. The molecule has 0 radical (unpaired) electrons. The number of rotatable bonds is 7. The topological polar surface area (TPSA) is 9.23 Å². The van der Waals surface area contributed by atoms with Crippen LogP contribution < -0.4 is 4.74 Å². The van der Waals surface area contributed by atoms with Gasteiger partial charge in [0.15, 0.2) is 0 Å². The molecule has 0 saturated carbocycles. The van der Waals surface area contributed by atoms with E-state index in [4.69, 9.17) is 4.74 Å². The fourth-order valence-electron chi connectivity index (χ4n) is 2.84. The Hall–Kier alpha value is -1.24. The van der Waals surface area contributed by atoms with E-state index in [1.807, 2.05) is 0 Å². The third-order valence-corrected chi connectivity index (χ3v) is 4.13. The maximum Gasteiger partial charge on any atom is 0.122 e. The first-order valence-corrected chi connectivity index (χ1v) is 7.91. The molecule has 1 aromatic rings. The minimum absolute atomic E-state index is 0.616. The molecule has 1 rings (SSSR count). The van der Waals surface area contributed by atoms with E-state index in [0.717, 1.165) is 25.2 Å². The van der Waals surface area contributed by atoms with Crippen LogP contribution in [0.15, 0.2) is 18.2 Å². The van der Waals surface area contributed by atoms with Crippen molar-refractivity contribution in [3.8, 4) is 5.75 Å². The summed E-state index contributed by atoms with van der Waals surface area (Å²) in [5.41, 5.74) is 5.60. The van der Waals surface area contributed by atoms with Crippen LogP contribution >= 0.6 is 0 Å². The third-order valence-electron chi connectivity index (χ3n) is 4.13. The van der Waals surface area contributed by atoms with Gasteiger partial charge in [0, 0.05) is 0 Å². The molecule has 0 aromatic heterocycles. The zero-order chi connectivity index (χ0) is 15.1. The molecular formula is C19H30O. The van der Waals surface area contributed by atoms with Crippen LogP contribution in [0, 0.1) is 20.8 Å². The number of allylic oxidation sites excluding steroid dienone is 2. The van der Waals surface area contributed by atoms with E-state index in [1.54, 1.807) is 0 Å². The molecule has 0 N–H and O–H groups in total. The minimum atomic E-state index is 0.616. The molecule has 0 amide bonds. The maximum absolute atomic E-state index is 5.88. The molecule has 0 aliphatic rings. The van der Waals surface area contributed by atoms with Crippen LogP contribution in [-0.4, -0.2) is 6.61 Å². The second-order valence-corrected chi connectivity index (χ2v) is 5.61. The van der Waals surface area contributed by atoms with Crippen LogP contribution in [0.5, 0.6) is 5.75 Å². The Morgan fingerprint density at radius 1 is 1.15 bits per heavy atom. The maximum atomic E-state index is 5.88. The number of ether oxygens (including phenoxy) is 1. The Kier molecular flexibility index (Phi) is 6.84. The number of benzene rings is 1. The molecule has 1 unspecified atom stereocenters. The SMILES string of the molecule is C/C=C\CC(CC)c1c(C)cc(OCCC)c(C)c1C. The molecule has 20 heavy (non-hydrogen) atoms. The second kappa shape index (κ2) is 8.14. The van der Waals surface area contributed by atoms with Gasteiger partial charge in [-0.3, -0.25) is 0 Å². The lowest BCUT2D eigenvalue weighted by molar-refractivity contribution is 0.314. The van der Waals surface area contributed by atoms with Gasteiger partial charge < -0.3 is 4.74 Å². The van der Waals surface area contributed by atoms with E-state index in [2.05, 4.69) is 59.8 Å². The summed E-state index contributed by atoms with van der Waals surface area (Å²) in [6.45, 7) is 14.0. The molecule has 1 heteroatoms. The van der Waals surface area contributed by atoms with Crippen molar-refractivity contribution in [2.24, 2.45) is 0 Å². The molecule has 0 fully saturated rings. The van der Waals surface area contributed by atoms with Crippen molar-refractivity contribution in [2.45, 2.75) is 66.7 Å². The van der Waals surface area contributed by atoms with Gasteiger partial charge in [-0.15, -0.1) is 0 Å². The highest BCUT2D eigenvalue weighted by Gasteiger charge is 2.17. The van der Waals surface area contributed by atoms with Crippen LogP contribution in [0.1, 0.15) is 68.2 Å². The zero-order valence-corrected chi connectivity index (χ0v) is 14.0. The average molecular weight is 274 g/mol. The molecule has 0 heterocycles. The molecule has 1 atom stereocenters. The Bertz CT molecular complexity index is 457. The Morgan fingerprint density at radius 2 is 1.85 bits per heavy atom. The molecular weight excluding hydrogens is 244 g/mol. The van der Waals surface area contributed by atoms with E-state index in [1.165, 1.54) is 28.7 Å². The molecule has 0 aliphatic heterocycles. The smallest absolute Gasteiger partial charge is 0.122 e. The summed E-state index contributed by atoms with van der Waals surface area (Å²) in [5, 5.41) is 0. The molecule has 1 nitrogen and oxygen atoms in total. The van der Waals surface area contributed by atoms with E-state index >= 15 is 0 Å². The van der Waals surface area contributed by atoms with Gasteiger partial charge >= 0.3 is 0 Å². The van der Waals surface area contributed by atoms with Crippen molar-refractivity contribution in [1.29, 1.82) is 0 Å². The van der Waals surface area contributed by atoms with Gasteiger partial charge in [-0.2, -0.15) is 0 Å². The number of aryl methyl sites for hydroxylation is 1. The molecule has 0 bridgehead atoms. The van der Waals surface area contributed by atoms with Crippen molar-refractivity contribution in [2.75, 3.05) is 6.61 Å². The number of hydrogen-bond donors (Lipinski definition) is 0. The van der Waals surface area contributed by atoms with E-state index in [-0.39, 0.29) is 0 Å². The summed E-state index contributed by atoms with van der Waals surface area (Å²) in [7, 11) is 0. The van der Waals surface area contributed by atoms with Crippen molar-refractivity contribution >= 4 is 0 Å². The highest BCUT2D eigenvalue weighted by molar-refractivity contribution is 5.49. The van der Waals surface area contributed by atoms with Crippen molar-refractivity contribution in [3.05, 3.63) is 40.5 Å². The van der Waals surface area contributed by atoms with Crippen molar-refractivity contribution < 1.29 is 4.74 Å². The van der Waals surface area contributed by atoms with Crippen molar-refractivity contribution in [3.63, 3.8) is 0 Å². The average Bonchev–Trinajstić information content (AvgIpc) is 2.44. The van der Waals surface area contributed by atoms with Gasteiger partial charge in [0.25, 0.3) is 0 Å². The number of hydrogen-bond acceptors (Lipinski definition) is 1. The van der Waals surface area contributed by atoms with Gasteiger partial charge in [0.2, 0.25) is 0 Å². The van der Waals surface area contributed by atoms with E-state index in [0.29, 0.717) is 5.92 Å². The van der Waals surface area contributed by atoms with Crippen LogP contribution in [0.2, 0.25) is 0 Å². The first-order valence-electron chi connectivity index (χ1n) is 7.91. The monoisotopic (exact) mass is 274 g/mol. The van der Waals surface area contributed by atoms with Gasteiger partial charge in [0.05, 0.1) is 6.61 Å². The molecule has 0 aliphatic carbocycles. The fourth-order valence-corrected chi connectivity index (χ4v) is 2.84. The first kappa shape index (κ1) is 16.8. The predicted octanol–water partition coefficient (Wildman–Crippen LogP) is 5.86. The summed E-state index contributed by atoms with van der Waals surface area (Å²) in [5.74, 6) is 1.68. The van der Waals surface area contributed by atoms with E-state index < -0.39 is 0 Å². The summed E-state index contributed by atoms with van der Waals surface area (Å²) in [6.07, 6.45) is 7.80. The van der Waals surface area contributed by atoms with Crippen LogP contribution in [-0.2, 0) is 0 Å². The molecule has 1 aromatic carbocycles. The van der Waals surface area contributed by atoms with Crippen LogP contribution in [0.25, 0.3) is 0 Å². The van der Waals surface area contributed by atoms with Gasteiger partial charge in [-0.25, -0.2) is 0 Å². The zero-order valence-electron chi connectivity index (χ0n) is 14.0. The first-order chi connectivity index (χ1) is 9.56. The quantitative estimate of drug-likeness (QED) is 0.566. The lowest BCUT2D eigenvalue weighted by atomic mass is 9.84. The van der Waals surface area contributed by atoms with Gasteiger partial charge in [-0.05, 0) is 81.2 Å². The summed E-state index contributed by atoms with van der Waals surface area (Å²) < 4.78 is 5.88. The predicted molar refractivity (Wildman–Crippen MR) is 88.9 cm³/mol. The lowest BCUT2D eigenvalue weighted by Gasteiger charge is -2.23. The van der Waals surface area contributed by atoms with Crippen molar-refractivity contribution in [1.82, 2.24) is 0 Å². The largest absolute Gasteiger partial charge is 0.493 e. The second-order valence-electron chi connectivity index (χ2n) is 5.61. The van der Waals surface area contributed by atoms with Crippen LogP contribution in [0.3, 0.4) is 0 Å². The highest BCUT2D eigenvalue weighted by atomic mass is 16.5. The minimum Gasteiger partial charge on any atom is -0.493 e. The molecule has 0 spiro atoms. The summed E-state index contributed by atoms with van der Waals surface area (Å²) in [4.78, 5) is 0. The standard InChI is InChI=1S/C19H30O/c1-7-10-11-17(9-3)19-14(4)13-18(20-12-8-2)15(5)16(19)6/h7,10,13,17H,8-9,11-12H2,1-6H3/b10-7-. The fraction of sp³-hybridized carbons (Fsp3) is 0.579.